The Labute approximate surface area is 337 Å². The minimum absolute atomic E-state index is 0.140. The molecule has 7 rings (SSSR count). The first-order chi connectivity index (χ1) is 26.7. The number of hydrogen-bond acceptors (Lipinski definition) is 10. The van der Waals surface area contributed by atoms with Crippen LogP contribution in [-0.2, 0) is 33.9 Å². The quantitative estimate of drug-likeness (QED) is 0.119. The van der Waals surface area contributed by atoms with E-state index in [9.17, 15) is 40.9 Å². The summed E-state index contributed by atoms with van der Waals surface area (Å²) in [6, 6.07) is 10.7. The number of ether oxygens (including phenoxy) is 4. The number of alkyl halides is 2. The van der Waals surface area contributed by atoms with Crippen LogP contribution in [0.4, 0.5) is 8.78 Å². The van der Waals surface area contributed by atoms with Crippen LogP contribution in [0.1, 0.15) is 127 Å². The zero-order chi connectivity index (χ0) is 43.1. The number of carbonyl (C=O) groups is 4. The summed E-state index contributed by atoms with van der Waals surface area (Å²) in [6.45, 7) is 16.8. The number of halogens is 2. The Balaban J connectivity index is 1.53. The third-order valence-corrected chi connectivity index (χ3v) is 13.6. The van der Waals surface area contributed by atoms with Crippen LogP contribution in [0.5, 0.6) is 0 Å². The molecule has 0 aliphatic heterocycles. The fraction of sp³-hybridized carbons (Fsp3) is 0.500. The lowest BCUT2D eigenvalue weighted by atomic mass is 9.44. The van der Waals surface area contributed by atoms with E-state index in [0.717, 1.165) is 27.8 Å². The maximum Gasteiger partial charge on any atom is 0.405 e. The summed E-state index contributed by atoms with van der Waals surface area (Å²) in [5, 5.41) is -4.90. The molecule has 4 aliphatic rings. The van der Waals surface area contributed by atoms with Gasteiger partial charge in [-0.1, -0.05) is 24.3 Å². The van der Waals surface area contributed by atoms with Gasteiger partial charge in [-0.2, -0.15) is 17.2 Å². The molecule has 4 saturated carbocycles. The van der Waals surface area contributed by atoms with Crippen molar-refractivity contribution in [3.05, 3.63) is 103 Å². The summed E-state index contributed by atoms with van der Waals surface area (Å²) in [5.41, 5.74) is 0.222. The Morgan fingerprint density at radius 1 is 0.621 bits per heavy atom. The molecule has 0 aromatic heterocycles. The van der Waals surface area contributed by atoms with Crippen molar-refractivity contribution in [1.82, 2.24) is 0 Å². The fourth-order valence-corrected chi connectivity index (χ4v) is 10.5. The molecule has 312 valence electrons. The van der Waals surface area contributed by atoms with Crippen LogP contribution in [0.15, 0.2) is 36.4 Å². The molecule has 3 atom stereocenters. The van der Waals surface area contributed by atoms with E-state index in [1.807, 2.05) is 52.8 Å². The highest BCUT2D eigenvalue weighted by atomic mass is 32.2. The molecular formula is C44H50F2O11S. The Kier molecular flexibility index (Phi) is 10.5. The number of esters is 4. The monoisotopic (exact) mass is 824 g/mol. The summed E-state index contributed by atoms with van der Waals surface area (Å²) in [5.74, 6) is -3.61. The standard InChI is InChI=1S/C44H50F2O11S/c1-23-13-27(5)29(7)33(15-23)36(47)55-41-17-40(39(50)54-32(10)44(45,46)58(51,52)53)18-42(20-41,56-37(48)34-16-24(2)14-28(6)30(34)8)22-43(19-40,21-41)57-38(49)35-26(4)12-11-25(3)31(35)9/h11-16,32H,17-22H2,1-10H3,(H,51,52,53). The Morgan fingerprint density at radius 2 is 1.02 bits per heavy atom. The molecule has 0 saturated heterocycles. The Hall–Kier alpha value is -4.69. The second-order valence-electron chi connectivity index (χ2n) is 17.4. The lowest BCUT2D eigenvalue weighted by Crippen LogP contribution is -2.73. The largest absolute Gasteiger partial charge is 0.455 e. The lowest BCUT2D eigenvalue weighted by molar-refractivity contribution is -0.279. The summed E-state index contributed by atoms with van der Waals surface area (Å²) >= 11 is 0. The molecule has 4 fully saturated rings. The van der Waals surface area contributed by atoms with E-state index < -0.39 is 67.6 Å². The fourth-order valence-electron chi connectivity index (χ4n) is 9.99. The summed E-state index contributed by atoms with van der Waals surface area (Å²) in [6.07, 6.45) is -4.05. The molecule has 3 aromatic rings. The van der Waals surface area contributed by atoms with E-state index >= 15 is 0 Å². The highest BCUT2D eigenvalue weighted by molar-refractivity contribution is 7.86. The van der Waals surface area contributed by atoms with Gasteiger partial charge in [-0.15, -0.1) is 0 Å². The highest BCUT2D eigenvalue weighted by Gasteiger charge is 2.76. The summed E-state index contributed by atoms with van der Waals surface area (Å²) in [7, 11) is -6.03. The van der Waals surface area contributed by atoms with Crippen LogP contribution in [0.2, 0.25) is 0 Å². The molecule has 0 heterocycles. The topological polar surface area (TPSA) is 160 Å². The van der Waals surface area contributed by atoms with Crippen LogP contribution in [0.3, 0.4) is 0 Å². The lowest BCUT2D eigenvalue weighted by Gasteiger charge is -2.66. The third kappa shape index (κ3) is 7.42. The van der Waals surface area contributed by atoms with Crippen molar-refractivity contribution < 1.29 is 59.9 Å². The van der Waals surface area contributed by atoms with E-state index in [0.29, 0.717) is 29.2 Å². The van der Waals surface area contributed by atoms with Gasteiger partial charge in [0, 0.05) is 38.5 Å². The van der Waals surface area contributed by atoms with Gasteiger partial charge < -0.3 is 18.9 Å². The van der Waals surface area contributed by atoms with E-state index in [4.69, 9.17) is 18.9 Å². The molecular weight excluding hydrogens is 775 g/mol. The normalized spacial score (nSPS) is 25.5. The summed E-state index contributed by atoms with van der Waals surface area (Å²) < 4.78 is 87.4. The smallest absolute Gasteiger partial charge is 0.405 e. The number of benzene rings is 3. The van der Waals surface area contributed by atoms with E-state index in [2.05, 4.69) is 0 Å². The van der Waals surface area contributed by atoms with E-state index in [1.165, 1.54) is 0 Å². The molecule has 3 unspecified atom stereocenters. The van der Waals surface area contributed by atoms with Crippen LogP contribution in [0.25, 0.3) is 0 Å². The van der Waals surface area contributed by atoms with Crippen molar-refractivity contribution in [1.29, 1.82) is 0 Å². The van der Waals surface area contributed by atoms with Gasteiger partial charge >= 0.3 is 39.2 Å². The highest BCUT2D eigenvalue weighted by Crippen LogP contribution is 2.68. The van der Waals surface area contributed by atoms with E-state index in [-0.39, 0.29) is 55.2 Å². The summed E-state index contributed by atoms with van der Waals surface area (Å²) in [4.78, 5) is 57.7. The number of carbonyl (C=O) groups excluding carboxylic acids is 4. The van der Waals surface area contributed by atoms with Crippen molar-refractivity contribution in [3.63, 3.8) is 0 Å². The van der Waals surface area contributed by atoms with Crippen molar-refractivity contribution in [2.75, 3.05) is 0 Å². The first-order valence-corrected chi connectivity index (χ1v) is 20.6. The number of rotatable bonds is 10. The average molecular weight is 825 g/mol. The first kappa shape index (κ1) is 42.9. The Morgan fingerprint density at radius 3 is 1.43 bits per heavy atom. The van der Waals surface area contributed by atoms with Gasteiger partial charge in [0.1, 0.15) is 16.8 Å². The van der Waals surface area contributed by atoms with Crippen LogP contribution in [0, 0.1) is 67.7 Å². The molecule has 11 nitrogen and oxygen atoms in total. The minimum Gasteiger partial charge on any atom is -0.455 e. The van der Waals surface area contributed by atoms with Gasteiger partial charge in [-0.25, -0.2) is 14.4 Å². The maximum atomic E-state index is 15.0. The van der Waals surface area contributed by atoms with Gasteiger partial charge in [0.2, 0.25) is 0 Å². The molecule has 0 spiro atoms. The maximum absolute atomic E-state index is 15.0. The SMILES string of the molecule is Cc1cc(C)c(C)c(C(=O)OC23CC4(OC(=O)c5cc(C)cc(C)c5C)CC(OC(=O)c5c(C)ccc(C)c5C)(C2)CC(C(=O)OC(C)C(F)(F)S(=O)(=O)O)(C3)C4)c1. The van der Waals surface area contributed by atoms with Crippen molar-refractivity contribution >= 4 is 34.0 Å². The molecule has 3 aromatic carbocycles. The van der Waals surface area contributed by atoms with Gasteiger partial charge in [-0.05, 0) is 131 Å². The zero-order valence-corrected chi connectivity index (χ0v) is 35.3. The number of hydrogen-bond donors (Lipinski definition) is 1. The molecule has 4 aliphatic carbocycles. The van der Waals surface area contributed by atoms with Gasteiger partial charge in [0.25, 0.3) is 0 Å². The molecule has 0 radical (unpaired) electrons. The van der Waals surface area contributed by atoms with Gasteiger partial charge in [-0.3, -0.25) is 9.35 Å². The second kappa shape index (κ2) is 14.2. The van der Waals surface area contributed by atoms with Crippen molar-refractivity contribution in [2.45, 2.75) is 136 Å². The number of aryl methyl sites for hydroxylation is 6. The second-order valence-corrected chi connectivity index (χ2v) is 18.8. The minimum atomic E-state index is -6.03. The average Bonchev–Trinajstić information content (AvgIpc) is 3.07. The molecule has 0 amide bonds. The van der Waals surface area contributed by atoms with Crippen molar-refractivity contribution in [2.24, 2.45) is 5.41 Å². The predicted octanol–water partition coefficient (Wildman–Crippen LogP) is 8.33. The van der Waals surface area contributed by atoms with Gasteiger partial charge in [0.15, 0.2) is 6.10 Å². The molecule has 1 N–H and O–H groups in total. The van der Waals surface area contributed by atoms with Crippen molar-refractivity contribution in [3.8, 4) is 0 Å². The zero-order valence-electron chi connectivity index (χ0n) is 34.5. The molecule has 4 bridgehead atoms. The van der Waals surface area contributed by atoms with E-state index in [1.54, 1.807) is 45.9 Å². The van der Waals surface area contributed by atoms with Crippen LogP contribution < -0.4 is 0 Å². The third-order valence-electron chi connectivity index (χ3n) is 12.6. The first-order valence-electron chi connectivity index (χ1n) is 19.2. The van der Waals surface area contributed by atoms with Crippen LogP contribution >= 0.6 is 0 Å². The van der Waals surface area contributed by atoms with Gasteiger partial charge in [0.05, 0.1) is 22.1 Å². The predicted molar refractivity (Wildman–Crippen MR) is 209 cm³/mol. The molecule has 58 heavy (non-hydrogen) atoms. The Bertz CT molecular complexity index is 2300. The van der Waals surface area contributed by atoms with Crippen LogP contribution in [-0.4, -0.2) is 65.0 Å². The molecule has 14 heteroatoms.